The first kappa shape index (κ1) is 22.1. The monoisotopic (exact) mass is 431 g/mol. The predicted molar refractivity (Wildman–Crippen MR) is 115 cm³/mol. The molecule has 160 valence electrons. The highest BCUT2D eigenvalue weighted by atomic mass is 35.5. The van der Waals surface area contributed by atoms with Crippen molar-refractivity contribution in [3.8, 4) is 17.4 Å². The van der Waals surface area contributed by atoms with Crippen molar-refractivity contribution >= 4 is 23.6 Å². The topological polar surface area (TPSA) is 66.9 Å². The molecule has 6 nitrogen and oxygen atoms in total. The molecule has 1 aromatic heterocycles. The summed E-state index contributed by atoms with van der Waals surface area (Å²) in [6.07, 6.45) is 6.17. The Hall–Kier alpha value is -2.57. The molecule has 1 aromatic carbocycles. The summed E-state index contributed by atoms with van der Waals surface area (Å²) in [4.78, 5) is 16.1. The summed E-state index contributed by atoms with van der Waals surface area (Å²) in [5.41, 5.74) is 2.11. The maximum absolute atomic E-state index is 11.8. The average Bonchev–Trinajstić information content (AvgIpc) is 2.73. The number of ether oxygens (including phenoxy) is 4. The molecule has 1 atom stereocenters. The molecule has 7 heteroatoms. The number of carbonyl (C=O) groups excluding carboxylic acids is 1. The minimum atomic E-state index is -0.350. The molecule has 30 heavy (non-hydrogen) atoms. The van der Waals surface area contributed by atoms with Gasteiger partial charge in [-0.3, -0.25) is 0 Å². The van der Waals surface area contributed by atoms with Crippen LogP contribution in [0.1, 0.15) is 44.2 Å². The van der Waals surface area contributed by atoms with Crippen LogP contribution in [0.4, 0.5) is 0 Å². The number of rotatable bonds is 7. The average molecular weight is 432 g/mol. The maximum atomic E-state index is 11.8. The molecule has 1 fully saturated rings. The Morgan fingerprint density at radius 2 is 2.17 bits per heavy atom. The van der Waals surface area contributed by atoms with Crippen LogP contribution >= 0.6 is 11.6 Å². The van der Waals surface area contributed by atoms with E-state index in [2.05, 4.69) is 4.98 Å². The van der Waals surface area contributed by atoms with Gasteiger partial charge in [0.05, 0.1) is 24.4 Å². The summed E-state index contributed by atoms with van der Waals surface area (Å²) in [6, 6.07) is 7.16. The number of carbonyl (C=O) groups is 1. The first-order valence-electron chi connectivity index (χ1n) is 10.0. The van der Waals surface area contributed by atoms with Crippen LogP contribution in [-0.2, 0) is 14.3 Å². The Labute approximate surface area is 181 Å². The normalized spacial score (nSPS) is 16.8. The molecule has 1 saturated heterocycles. The van der Waals surface area contributed by atoms with Gasteiger partial charge in [0.15, 0.2) is 12.0 Å². The first-order valence-corrected chi connectivity index (χ1v) is 10.4. The third kappa shape index (κ3) is 5.97. The van der Waals surface area contributed by atoms with E-state index in [0.717, 1.165) is 37.0 Å². The highest BCUT2D eigenvalue weighted by Gasteiger charge is 2.16. The van der Waals surface area contributed by atoms with Crippen LogP contribution in [0.15, 0.2) is 36.0 Å². The lowest BCUT2D eigenvalue weighted by Gasteiger charge is -2.23. The lowest BCUT2D eigenvalue weighted by molar-refractivity contribution is -0.138. The summed E-state index contributed by atoms with van der Waals surface area (Å²) in [6.45, 7) is 6.42. The molecule has 2 heterocycles. The van der Waals surface area contributed by atoms with Crippen LogP contribution in [-0.4, -0.2) is 30.5 Å². The number of nitrogens with zero attached hydrogens (tertiary/aromatic N) is 1. The van der Waals surface area contributed by atoms with E-state index < -0.39 is 0 Å². The van der Waals surface area contributed by atoms with Gasteiger partial charge in [-0.2, -0.15) is 0 Å². The fraction of sp³-hybridized carbons (Fsp3) is 0.391. The Kier molecular flexibility index (Phi) is 7.71. The van der Waals surface area contributed by atoms with Gasteiger partial charge in [-0.15, -0.1) is 0 Å². The number of aromatic nitrogens is 1. The molecule has 0 spiro atoms. The van der Waals surface area contributed by atoms with E-state index >= 15 is 0 Å². The van der Waals surface area contributed by atoms with E-state index in [-0.39, 0.29) is 12.3 Å². The van der Waals surface area contributed by atoms with Crippen molar-refractivity contribution in [2.75, 3.05) is 13.2 Å². The van der Waals surface area contributed by atoms with E-state index in [9.17, 15) is 4.79 Å². The minimum Gasteiger partial charge on any atom is -0.463 e. The van der Waals surface area contributed by atoms with Gasteiger partial charge in [-0.1, -0.05) is 11.6 Å². The molecule has 0 amide bonds. The van der Waals surface area contributed by atoms with Crippen LogP contribution < -0.4 is 9.47 Å². The van der Waals surface area contributed by atoms with Gasteiger partial charge in [0.2, 0.25) is 5.88 Å². The lowest BCUT2D eigenvalue weighted by Crippen LogP contribution is -2.24. The summed E-state index contributed by atoms with van der Waals surface area (Å²) in [7, 11) is 0. The van der Waals surface area contributed by atoms with Crippen LogP contribution in [0.25, 0.3) is 6.08 Å². The van der Waals surface area contributed by atoms with E-state index in [1.165, 1.54) is 0 Å². The molecule has 3 rings (SSSR count). The lowest BCUT2D eigenvalue weighted by atomic mass is 10.1. The molecular formula is C23H26ClNO5. The zero-order chi connectivity index (χ0) is 21.5. The second-order valence-electron chi connectivity index (χ2n) is 7.04. The van der Waals surface area contributed by atoms with E-state index in [1.807, 2.05) is 13.0 Å². The highest BCUT2D eigenvalue weighted by molar-refractivity contribution is 6.32. The molecule has 0 aliphatic carbocycles. The number of benzene rings is 1. The van der Waals surface area contributed by atoms with Crippen molar-refractivity contribution in [2.45, 2.75) is 46.3 Å². The summed E-state index contributed by atoms with van der Waals surface area (Å²) in [5, 5.41) is 0.427. The largest absolute Gasteiger partial charge is 0.463 e. The second kappa shape index (κ2) is 10.5. The van der Waals surface area contributed by atoms with Crippen molar-refractivity contribution in [2.24, 2.45) is 0 Å². The SMILES string of the molecule is CCOC(=O)C(C)=Cc1cc(C)c(Oc2ccc(OC3CCCCO3)cn2)c(Cl)c1. The van der Waals surface area contributed by atoms with Gasteiger partial charge >= 0.3 is 5.97 Å². The predicted octanol–water partition coefficient (Wildman–Crippen LogP) is 5.71. The van der Waals surface area contributed by atoms with Crippen molar-refractivity contribution in [1.82, 2.24) is 4.98 Å². The molecule has 1 aliphatic heterocycles. The summed E-state index contributed by atoms with van der Waals surface area (Å²) >= 11 is 6.43. The number of pyridine rings is 1. The third-order valence-corrected chi connectivity index (χ3v) is 4.83. The maximum Gasteiger partial charge on any atom is 0.333 e. The number of hydrogen-bond donors (Lipinski definition) is 0. The molecule has 2 aromatic rings. The number of hydrogen-bond acceptors (Lipinski definition) is 6. The Bertz CT molecular complexity index is 881. The highest BCUT2D eigenvalue weighted by Crippen LogP contribution is 2.34. The standard InChI is InChI=1S/C23H26ClNO5/c1-4-27-23(26)16(3)12-17-11-15(2)22(19(24)13-17)30-20-9-8-18(14-25-20)29-21-7-5-6-10-28-21/h8-9,11-14,21H,4-7,10H2,1-3H3. The van der Waals surface area contributed by atoms with Gasteiger partial charge in [0.1, 0.15) is 5.75 Å². The summed E-state index contributed by atoms with van der Waals surface area (Å²) < 4.78 is 22.3. The van der Waals surface area contributed by atoms with Crippen molar-refractivity contribution < 1.29 is 23.7 Å². The second-order valence-corrected chi connectivity index (χ2v) is 7.45. The van der Waals surface area contributed by atoms with Crippen LogP contribution in [0.3, 0.4) is 0 Å². The molecule has 0 saturated carbocycles. The zero-order valence-corrected chi connectivity index (χ0v) is 18.2. The number of aryl methyl sites for hydroxylation is 1. The molecule has 0 radical (unpaired) electrons. The van der Waals surface area contributed by atoms with Gasteiger partial charge in [0, 0.05) is 18.1 Å². The van der Waals surface area contributed by atoms with Gasteiger partial charge in [-0.25, -0.2) is 9.78 Å². The molecule has 1 unspecified atom stereocenters. The fourth-order valence-electron chi connectivity index (χ4n) is 3.08. The Balaban J connectivity index is 1.69. The number of halogens is 1. The van der Waals surface area contributed by atoms with E-state index in [4.69, 9.17) is 30.5 Å². The first-order chi connectivity index (χ1) is 14.5. The smallest absolute Gasteiger partial charge is 0.333 e. The van der Waals surface area contributed by atoms with Gasteiger partial charge in [0.25, 0.3) is 0 Å². The quantitative estimate of drug-likeness (QED) is 0.413. The van der Waals surface area contributed by atoms with Crippen molar-refractivity contribution in [1.29, 1.82) is 0 Å². The molecule has 0 bridgehead atoms. The van der Waals surface area contributed by atoms with Crippen LogP contribution in [0.5, 0.6) is 17.4 Å². The van der Waals surface area contributed by atoms with Gasteiger partial charge in [-0.05, 0) is 69.0 Å². The van der Waals surface area contributed by atoms with Crippen LogP contribution in [0.2, 0.25) is 5.02 Å². The molecule has 0 N–H and O–H groups in total. The summed E-state index contributed by atoms with van der Waals surface area (Å²) in [5.74, 6) is 1.20. The zero-order valence-electron chi connectivity index (χ0n) is 17.4. The Morgan fingerprint density at radius 3 is 2.80 bits per heavy atom. The van der Waals surface area contributed by atoms with E-state index in [1.54, 1.807) is 44.3 Å². The fourth-order valence-corrected chi connectivity index (χ4v) is 3.39. The van der Waals surface area contributed by atoms with E-state index in [0.29, 0.717) is 34.6 Å². The molecular weight excluding hydrogens is 406 g/mol. The van der Waals surface area contributed by atoms with Crippen LogP contribution in [0, 0.1) is 6.92 Å². The third-order valence-electron chi connectivity index (χ3n) is 4.55. The molecule has 1 aliphatic rings. The van der Waals surface area contributed by atoms with Crippen molar-refractivity contribution in [3.63, 3.8) is 0 Å². The Morgan fingerprint density at radius 1 is 1.33 bits per heavy atom. The minimum absolute atomic E-state index is 0.220. The van der Waals surface area contributed by atoms with Gasteiger partial charge < -0.3 is 18.9 Å². The number of esters is 1. The van der Waals surface area contributed by atoms with Crippen molar-refractivity contribution in [3.05, 3.63) is 52.2 Å².